The van der Waals surface area contributed by atoms with Crippen molar-refractivity contribution in [1.29, 1.82) is 0 Å². The molecule has 2 aliphatic rings. The van der Waals surface area contributed by atoms with Crippen molar-refractivity contribution in [3.8, 4) is 50.6 Å². The van der Waals surface area contributed by atoms with E-state index < -0.39 is 235 Å². The van der Waals surface area contributed by atoms with E-state index in [9.17, 15) is 11.0 Å². The van der Waals surface area contributed by atoms with E-state index in [1.54, 1.807) is 0 Å². The zero-order valence-electron chi connectivity index (χ0n) is 48.8. The maximum Gasteiger partial charge on any atom is 0.289 e. The molecule has 1 aromatic heterocycles. The highest BCUT2D eigenvalue weighted by molar-refractivity contribution is 8.28. The van der Waals surface area contributed by atoms with E-state index in [2.05, 4.69) is 0 Å². The first kappa shape index (κ1) is 11.1. The Kier molecular flexibility index (Phi) is 2.42. The fourth-order valence-electron chi connectivity index (χ4n) is 5.60. The summed E-state index contributed by atoms with van der Waals surface area (Å²) in [6.07, 6.45) is 0. The largest absolute Gasteiger partial charge is 0.458 e. The van der Waals surface area contributed by atoms with Gasteiger partial charge >= 0.3 is 0 Å². The molecule has 0 N–H and O–H groups in total. The minimum absolute atomic E-state index is 0.192. The summed E-state index contributed by atoms with van der Waals surface area (Å²) in [6.45, 7) is 0. The quantitative estimate of drug-likeness (QED) is 0.181. The molecule has 0 spiro atoms. The van der Waals surface area contributed by atoms with Gasteiger partial charge in [0.05, 0.1) is 46.7 Å². The van der Waals surface area contributed by atoms with E-state index in [0.717, 1.165) is 4.57 Å². The van der Waals surface area contributed by atoms with Gasteiger partial charge in [0, 0.05) is 21.4 Å². The van der Waals surface area contributed by atoms with E-state index in [-0.39, 0.29) is 15.8 Å². The minimum atomic E-state index is -1.43. The van der Waals surface area contributed by atoms with Gasteiger partial charge in [0.25, 0.3) is 5.99 Å². The van der Waals surface area contributed by atoms with Crippen molar-refractivity contribution in [2.24, 2.45) is 0 Å². The maximum atomic E-state index is 9.98. The van der Waals surface area contributed by atoms with Gasteiger partial charge in [-0.15, -0.1) is 0 Å². The molecule has 2 nitrogen and oxygen atoms in total. The molecule has 10 rings (SSSR count). The van der Waals surface area contributed by atoms with Crippen LogP contribution in [0.2, 0.25) is 0 Å². The first-order valence-corrected chi connectivity index (χ1v) is 14.5. The van der Waals surface area contributed by atoms with Crippen molar-refractivity contribution >= 4 is 50.3 Å². The summed E-state index contributed by atoms with van der Waals surface area (Å²) in [5.74, 6) is -2.53. The second kappa shape index (κ2) is 10.0. The molecule has 0 radical (unpaired) electrons. The standard InChI is InChI=1S/C42H26BNOS/c1-2-11-27(12-3-1)29-21-22-34-35-24-30(25-40-42(35)43(46-41(34)26-29)36-17-6-9-20-39(36)45-40)28-13-10-14-31(23-28)44-37-18-7-4-15-32(37)33-16-5-8-19-38(33)44/h1-26H/i1D,2D,3D,4D,5D,6D,7D,8D,9D,10D,11D,12D,13D,14D,15D,16D,17D,18D,19D,20D,21D,22D,23D,24D,25D,26D. The first-order valence-electron chi connectivity index (χ1n) is 26.6. The molecular formula is C42H26BNOS. The van der Waals surface area contributed by atoms with Crippen LogP contribution in [0.15, 0.2) is 162 Å². The summed E-state index contributed by atoms with van der Waals surface area (Å²) in [5, 5.41) is -0.906. The van der Waals surface area contributed by atoms with Crippen LogP contribution in [0.4, 0.5) is 0 Å². The fraction of sp³-hybridized carbons (Fsp3) is 0. The number of nitrogens with zero attached hydrogens (tertiary/aromatic N) is 1. The number of ether oxygens (including phenoxy) is 1. The number of rotatable bonds is 3. The molecule has 0 amide bonds. The summed E-state index contributed by atoms with van der Waals surface area (Å²) >= 11 is 0.674. The van der Waals surface area contributed by atoms with Crippen LogP contribution in [-0.4, -0.2) is 10.6 Å². The van der Waals surface area contributed by atoms with E-state index in [4.69, 9.17) is 29.4 Å². The Labute approximate surface area is 308 Å². The van der Waals surface area contributed by atoms with Gasteiger partial charge in [-0.25, -0.2) is 0 Å². The van der Waals surface area contributed by atoms with Crippen molar-refractivity contribution in [3.63, 3.8) is 0 Å². The van der Waals surface area contributed by atoms with E-state index >= 15 is 0 Å². The average molecular weight is 630 g/mol. The van der Waals surface area contributed by atoms with Crippen LogP contribution >= 0.6 is 11.6 Å². The van der Waals surface area contributed by atoms with Crippen molar-refractivity contribution < 1.29 is 40.4 Å². The van der Waals surface area contributed by atoms with Crippen LogP contribution < -0.4 is 15.7 Å². The zero-order chi connectivity index (χ0) is 52.8. The zero-order valence-corrected chi connectivity index (χ0v) is 23.7. The molecule has 0 saturated carbocycles. The topological polar surface area (TPSA) is 14.2 Å². The number of benzene rings is 7. The van der Waals surface area contributed by atoms with Crippen LogP contribution in [0.3, 0.4) is 0 Å². The molecule has 7 aromatic carbocycles. The lowest BCUT2D eigenvalue weighted by molar-refractivity contribution is 0.488. The maximum absolute atomic E-state index is 9.98. The van der Waals surface area contributed by atoms with E-state index in [0.29, 0.717) is 11.6 Å². The first-order chi connectivity index (χ1) is 33.6. The number of aromatic nitrogens is 1. The summed E-state index contributed by atoms with van der Waals surface area (Å²) in [6, 6.07) is -21.5. The van der Waals surface area contributed by atoms with Gasteiger partial charge in [0.1, 0.15) is 11.5 Å². The third kappa shape index (κ3) is 3.87. The molecule has 2 aliphatic heterocycles. The molecule has 4 heteroatoms. The monoisotopic (exact) mass is 629 g/mol. The SMILES string of the molecule is [2H]c1c([2H])c([2H])c(-c2c([2H])c([2H])c3c(c2[2H])SB2c4c([2H])c([2H])c([2H])c([2H])c4Oc4c([2H])c(-c5c([2H])c([2H])c([2H])c(-n6c7c([2H])c([2H])c([2H])c([2H])c7c7c([2H])c([2H])c([2H])c([2H])c76)c5[2H])c([2H])c-3c42)c([2H])c1[2H]. The Balaban J connectivity index is 1.39. The Hall–Kier alpha value is -5.45. The van der Waals surface area contributed by atoms with Crippen molar-refractivity contribution in [3.05, 3.63) is 157 Å². The van der Waals surface area contributed by atoms with Gasteiger partial charge in [-0.1, -0.05) is 109 Å². The number of hydrogen-bond donors (Lipinski definition) is 0. The molecule has 0 aliphatic carbocycles. The van der Waals surface area contributed by atoms with Crippen LogP contribution in [0, 0.1) is 0 Å². The van der Waals surface area contributed by atoms with E-state index in [1.165, 1.54) is 0 Å². The van der Waals surface area contributed by atoms with Crippen LogP contribution in [-0.2, 0) is 0 Å². The Morgan fingerprint density at radius 1 is 0.522 bits per heavy atom. The Bertz CT molecular complexity index is 3860. The summed E-state index contributed by atoms with van der Waals surface area (Å²) in [7, 11) is 0. The van der Waals surface area contributed by atoms with Gasteiger partial charge < -0.3 is 9.30 Å². The summed E-state index contributed by atoms with van der Waals surface area (Å²) in [4.78, 5) is -0.298. The molecule has 0 unspecified atom stereocenters. The summed E-state index contributed by atoms with van der Waals surface area (Å²) < 4.78 is 239. The average Bonchev–Trinajstić information content (AvgIpc) is 3.71. The third-order valence-corrected chi connectivity index (χ3v) is 8.79. The molecule has 0 atom stereocenters. The summed E-state index contributed by atoms with van der Waals surface area (Å²) in [5.41, 5.74) is -6.00. The normalized spacial score (nSPS) is 20.7. The fourth-order valence-corrected chi connectivity index (χ4v) is 6.89. The van der Waals surface area contributed by atoms with Gasteiger partial charge in [-0.05, 0) is 92.6 Å². The number of para-hydroxylation sites is 3. The van der Waals surface area contributed by atoms with Gasteiger partial charge in [-0.3, -0.25) is 0 Å². The molecule has 8 aromatic rings. The lowest BCUT2D eigenvalue weighted by Crippen LogP contribution is -2.46. The molecule has 0 saturated heterocycles. The third-order valence-electron chi connectivity index (χ3n) is 7.54. The molecule has 46 heavy (non-hydrogen) atoms. The van der Waals surface area contributed by atoms with Crippen molar-refractivity contribution in [1.82, 2.24) is 4.57 Å². The van der Waals surface area contributed by atoms with Crippen LogP contribution in [0.25, 0.3) is 60.9 Å². The molecule has 0 fully saturated rings. The lowest BCUT2D eigenvalue weighted by Gasteiger charge is -2.33. The lowest BCUT2D eigenvalue weighted by atomic mass is 9.57. The predicted molar refractivity (Wildman–Crippen MR) is 194 cm³/mol. The smallest absolute Gasteiger partial charge is 0.289 e. The van der Waals surface area contributed by atoms with Crippen molar-refractivity contribution in [2.45, 2.75) is 4.90 Å². The van der Waals surface area contributed by atoms with Crippen molar-refractivity contribution in [2.75, 3.05) is 0 Å². The predicted octanol–water partition coefficient (Wildman–Crippen LogP) is 10.1. The molecular weight excluding hydrogens is 577 g/mol. The highest BCUT2D eigenvalue weighted by Crippen LogP contribution is 2.46. The highest BCUT2D eigenvalue weighted by atomic mass is 32.2. The highest BCUT2D eigenvalue weighted by Gasteiger charge is 2.38. The molecule has 214 valence electrons. The second-order valence-corrected chi connectivity index (χ2v) is 11.2. The number of hydrogen-bond acceptors (Lipinski definition) is 2. The van der Waals surface area contributed by atoms with Crippen LogP contribution in [0.5, 0.6) is 11.5 Å². The molecule has 0 bridgehead atoms. The Morgan fingerprint density at radius 3 is 2.04 bits per heavy atom. The van der Waals surface area contributed by atoms with Gasteiger partial charge in [0.2, 0.25) is 0 Å². The van der Waals surface area contributed by atoms with E-state index in [1.807, 2.05) is 0 Å². The Morgan fingerprint density at radius 2 is 1.22 bits per heavy atom. The minimum Gasteiger partial charge on any atom is -0.458 e. The van der Waals surface area contributed by atoms with Gasteiger partial charge in [0.15, 0.2) is 0 Å². The van der Waals surface area contributed by atoms with Gasteiger partial charge in [-0.2, -0.15) is 11.6 Å². The molecule has 3 heterocycles. The number of fused-ring (bicyclic) bond motifs is 7. The van der Waals surface area contributed by atoms with Crippen LogP contribution in [0.1, 0.15) is 35.6 Å². The second-order valence-electron chi connectivity index (χ2n) is 10.0.